The third kappa shape index (κ3) is 9.71. The highest BCUT2D eigenvalue weighted by molar-refractivity contribution is 6.28. The van der Waals surface area contributed by atoms with Gasteiger partial charge >= 0.3 is 0 Å². The Morgan fingerprint density at radius 2 is 1.00 bits per heavy atom. The van der Waals surface area contributed by atoms with Crippen LogP contribution in [0.1, 0.15) is 38.5 Å². The van der Waals surface area contributed by atoms with Gasteiger partial charge in [-0.1, -0.05) is 25.7 Å². The van der Waals surface area contributed by atoms with Gasteiger partial charge in [-0.05, 0) is 12.8 Å². The number of halogens is 4. The van der Waals surface area contributed by atoms with E-state index in [1.54, 1.807) is 0 Å². The molecule has 0 heterocycles. The standard InChI is InChI=1S/C10H18Cl4/c11-7-9(13)5-3-1-2-4-6-10(14)8-12/h9-10H,1-8H2/t9-,10+. The predicted octanol–water partition coefficient (Wildman–Crippen LogP) is 5.02. The molecule has 0 saturated heterocycles. The lowest BCUT2D eigenvalue weighted by atomic mass is 10.1. The molecule has 0 aromatic rings. The zero-order valence-electron chi connectivity index (χ0n) is 8.32. The Morgan fingerprint density at radius 3 is 1.29 bits per heavy atom. The summed E-state index contributed by atoms with van der Waals surface area (Å²) in [7, 11) is 0. The minimum absolute atomic E-state index is 0.139. The smallest absolute Gasteiger partial charge is 0.0471 e. The Balaban J connectivity index is 3.06. The molecular formula is C10H18Cl4. The fraction of sp³-hybridized carbons (Fsp3) is 1.00. The zero-order valence-corrected chi connectivity index (χ0v) is 11.3. The molecule has 0 fully saturated rings. The van der Waals surface area contributed by atoms with E-state index in [-0.39, 0.29) is 10.8 Å². The molecule has 0 spiro atoms. The van der Waals surface area contributed by atoms with Crippen LogP contribution in [-0.2, 0) is 0 Å². The first-order chi connectivity index (χ1) is 6.70. The lowest BCUT2D eigenvalue weighted by Gasteiger charge is -2.06. The summed E-state index contributed by atoms with van der Waals surface area (Å²) in [6, 6.07) is 0. The molecule has 86 valence electrons. The van der Waals surface area contributed by atoms with Crippen molar-refractivity contribution in [3.8, 4) is 0 Å². The molecule has 2 atom stereocenters. The van der Waals surface area contributed by atoms with Gasteiger partial charge in [-0.25, -0.2) is 0 Å². The van der Waals surface area contributed by atoms with Crippen molar-refractivity contribution in [2.45, 2.75) is 49.3 Å². The fourth-order valence-electron chi connectivity index (χ4n) is 1.24. The van der Waals surface area contributed by atoms with Gasteiger partial charge in [0.1, 0.15) is 0 Å². The summed E-state index contributed by atoms with van der Waals surface area (Å²) in [6.45, 7) is 0. The minimum Gasteiger partial charge on any atom is -0.125 e. The Labute approximate surface area is 107 Å². The highest BCUT2D eigenvalue weighted by Crippen LogP contribution is 2.14. The molecule has 0 saturated carbocycles. The number of alkyl halides is 4. The molecule has 0 aromatic carbocycles. The molecule has 0 amide bonds. The molecule has 0 aromatic heterocycles. The molecule has 0 aliphatic rings. The summed E-state index contributed by atoms with van der Waals surface area (Å²) in [4.78, 5) is 0. The van der Waals surface area contributed by atoms with Gasteiger partial charge < -0.3 is 0 Å². The van der Waals surface area contributed by atoms with E-state index in [0.717, 1.165) is 25.7 Å². The maximum Gasteiger partial charge on any atom is 0.0471 e. The zero-order chi connectivity index (χ0) is 10.8. The molecular weight excluding hydrogens is 262 g/mol. The second-order valence-corrected chi connectivity index (χ2v) is 5.35. The van der Waals surface area contributed by atoms with Crippen LogP contribution in [-0.4, -0.2) is 22.5 Å². The second kappa shape index (κ2) is 10.7. The highest BCUT2D eigenvalue weighted by atomic mass is 35.5. The van der Waals surface area contributed by atoms with Gasteiger partial charge in [0.25, 0.3) is 0 Å². The van der Waals surface area contributed by atoms with Crippen molar-refractivity contribution in [3.05, 3.63) is 0 Å². The molecule has 0 rings (SSSR count). The van der Waals surface area contributed by atoms with Crippen molar-refractivity contribution < 1.29 is 0 Å². The third-order valence-electron chi connectivity index (χ3n) is 2.12. The monoisotopic (exact) mass is 278 g/mol. The van der Waals surface area contributed by atoms with Crippen molar-refractivity contribution in [2.24, 2.45) is 0 Å². The van der Waals surface area contributed by atoms with Crippen LogP contribution in [0, 0.1) is 0 Å². The highest BCUT2D eigenvalue weighted by Gasteiger charge is 2.03. The number of hydrogen-bond acceptors (Lipinski definition) is 0. The van der Waals surface area contributed by atoms with E-state index in [4.69, 9.17) is 46.4 Å². The van der Waals surface area contributed by atoms with Crippen LogP contribution >= 0.6 is 46.4 Å². The first-order valence-electron chi connectivity index (χ1n) is 5.10. The Kier molecular flexibility index (Phi) is 11.6. The summed E-state index contributed by atoms with van der Waals surface area (Å²) in [6.07, 6.45) is 6.79. The largest absolute Gasteiger partial charge is 0.125 e. The van der Waals surface area contributed by atoms with Crippen molar-refractivity contribution in [1.82, 2.24) is 0 Å². The van der Waals surface area contributed by atoms with Crippen molar-refractivity contribution in [3.63, 3.8) is 0 Å². The minimum atomic E-state index is 0.139. The molecule has 4 heteroatoms. The summed E-state index contributed by atoms with van der Waals surface area (Å²) >= 11 is 22.9. The van der Waals surface area contributed by atoms with E-state index in [2.05, 4.69) is 0 Å². The first kappa shape index (κ1) is 15.2. The maximum atomic E-state index is 5.88. The van der Waals surface area contributed by atoms with E-state index >= 15 is 0 Å². The number of unbranched alkanes of at least 4 members (excludes halogenated alkanes) is 3. The lowest BCUT2D eigenvalue weighted by Crippen LogP contribution is -2.00. The maximum absolute atomic E-state index is 5.88. The number of hydrogen-bond donors (Lipinski definition) is 0. The van der Waals surface area contributed by atoms with E-state index in [1.165, 1.54) is 12.8 Å². The molecule has 14 heavy (non-hydrogen) atoms. The van der Waals surface area contributed by atoms with Gasteiger partial charge in [0.15, 0.2) is 0 Å². The topological polar surface area (TPSA) is 0 Å². The number of rotatable bonds is 9. The average Bonchev–Trinajstić information content (AvgIpc) is 2.22. The summed E-state index contributed by atoms with van der Waals surface area (Å²) in [5.41, 5.74) is 0. The van der Waals surface area contributed by atoms with Gasteiger partial charge in [0.2, 0.25) is 0 Å². The molecule has 0 aliphatic heterocycles. The molecule has 0 unspecified atom stereocenters. The SMILES string of the molecule is ClC[C@@H](Cl)CCCCCC[C@@H](Cl)CCl. The van der Waals surface area contributed by atoms with E-state index < -0.39 is 0 Å². The van der Waals surface area contributed by atoms with E-state index in [9.17, 15) is 0 Å². The van der Waals surface area contributed by atoms with Crippen molar-refractivity contribution in [2.75, 3.05) is 11.8 Å². The van der Waals surface area contributed by atoms with Crippen molar-refractivity contribution >= 4 is 46.4 Å². The van der Waals surface area contributed by atoms with Crippen LogP contribution in [0.2, 0.25) is 0 Å². The average molecular weight is 280 g/mol. The second-order valence-electron chi connectivity index (χ2n) is 3.49. The van der Waals surface area contributed by atoms with Gasteiger partial charge in [0, 0.05) is 22.5 Å². The van der Waals surface area contributed by atoms with Gasteiger partial charge in [-0.2, -0.15) is 0 Å². The molecule has 0 N–H and O–H groups in total. The summed E-state index contributed by atoms with van der Waals surface area (Å²) < 4.78 is 0. The lowest BCUT2D eigenvalue weighted by molar-refractivity contribution is 0.590. The van der Waals surface area contributed by atoms with E-state index in [0.29, 0.717) is 11.8 Å². The Morgan fingerprint density at radius 1 is 0.643 bits per heavy atom. The third-order valence-corrected chi connectivity index (χ3v) is 3.93. The van der Waals surface area contributed by atoms with Gasteiger partial charge in [-0.15, -0.1) is 46.4 Å². The van der Waals surface area contributed by atoms with Crippen LogP contribution in [0.25, 0.3) is 0 Å². The Bertz CT molecular complexity index is 105. The Hall–Kier alpha value is 1.16. The van der Waals surface area contributed by atoms with Crippen LogP contribution in [0.15, 0.2) is 0 Å². The summed E-state index contributed by atoms with van der Waals surface area (Å²) in [5, 5.41) is 0.278. The molecule has 0 aliphatic carbocycles. The quantitative estimate of drug-likeness (QED) is 0.411. The van der Waals surface area contributed by atoms with Crippen LogP contribution < -0.4 is 0 Å². The van der Waals surface area contributed by atoms with Crippen molar-refractivity contribution in [1.29, 1.82) is 0 Å². The predicted molar refractivity (Wildman–Crippen MR) is 68.4 cm³/mol. The normalized spacial score (nSPS) is 15.4. The van der Waals surface area contributed by atoms with Gasteiger partial charge in [-0.3, -0.25) is 0 Å². The summed E-state index contributed by atoms with van der Waals surface area (Å²) in [5.74, 6) is 1.11. The fourth-order valence-corrected chi connectivity index (χ4v) is 1.86. The van der Waals surface area contributed by atoms with Crippen LogP contribution in [0.5, 0.6) is 0 Å². The molecule has 0 bridgehead atoms. The van der Waals surface area contributed by atoms with Crippen LogP contribution in [0.4, 0.5) is 0 Å². The molecule has 0 radical (unpaired) electrons. The first-order valence-corrected chi connectivity index (χ1v) is 7.05. The van der Waals surface area contributed by atoms with Gasteiger partial charge in [0.05, 0.1) is 0 Å². The molecule has 0 nitrogen and oxygen atoms in total. The van der Waals surface area contributed by atoms with Crippen LogP contribution in [0.3, 0.4) is 0 Å². The van der Waals surface area contributed by atoms with E-state index in [1.807, 2.05) is 0 Å².